The maximum absolute atomic E-state index is 11.4. The maximum atomic E-state index is 11.4. The van der Waals surface area contributed by atoms with E-state index in [2.05, 4.69) is 4.74 Å². The van der Waals surface area contributed by atoms with Crippen molar-refractivity contribution in [2.45, 2.75) is 6.92 Å². The van der Waals surface area contributed by atoms with Crippen molar-refractivity contribution >= 4 is 23.3 Å². The first-order valence-electron chi connectivity index (χ1n) is 5.93. The Morgan fingerprint density at radius 1 is 1.15 bits per heavy atom. The second kappa shape index (κ2) is 5.84. The molecule has 0 saturated carbocycles. The Balaban J connectivity index is 2.30. The number of benzene rings is 2. The van der Waals surface area contributed by atoms with E-state index >= 15 is 0 Å². The van der Waals surface area contributed by atoms with E-state index in [9.17, 15) is 4.79 Å². The number of methoxy groups -OCH3 is 1. The van der Waals surface area contributed by atoms with Crippen molar-refractivity contribution in [3.63, 3.8) is 0 Å². The van der Waals surface area contributed by atoms with Gasteiger partial charge in [-0.1, -0.05) is 17.7 Å². The molecule has 0 bridgehead atoms. The molecule has 20 heavy (non-hydrogen) atoms. The van der Waals surface area contributed by atoms with Gasteiger partial charge in [-0.05, 0) is 42.8 Å². The zero-order chi connectivity index (χ0) is 14.7. The number of carbonyl (C=O) groups is 1. The zero-order valence-electron chi connectivity index (χ0n) is 11.1. The van der Waals surface area contributed by atoms with Crippen LogP contribution in [-0.4, -0.2) is 13.1 Å². The summed E-state index contributed by atoms with van der Waals surface area (Å²) in [5, 5.41) is 0.493. The molecule has 0 aromatic heterocycles. The Kier molecular flexibility index (Phi) is 4.15. The van der Waals surface area contributed by atoms with Crippen LogP contribution in [0.25, 0.3) is 0 Å². The molecule has 0 unspecified atom stereocenters. The number of anilines is 1. The Labute approximate surface area is 122 Å². The molecule has 0 amide bonds. The molecule has 2 N–H and O–H groups in total. The fraction of sp³-hybridized carbons (Fsp3) is 0.133. The molecule has 0 aliphatic rings. The van der Waals surface area contributed by atoms with E-state index in [1.54, 1.807) is 18.2 Å². The van der Waals surface area contributed by atoms with Crippen molar-refractivity contribution in [3.05, 3.63) is 52.5 Å². The van der Waals surface area contributed by atoms with Crippen LogP contribution >= 0.6 is 11.6 Å². The zero-order valence-corrected chi connectivity index (χ0v) is 11.9. The molecule has 0 heterocycles. The molecule has 2 aromatic carbocycles. The van der Waals surface area contributed by atoms with Crippen LogP contribution in [-0.2, 0) is 4.74 Å². The largest absolute Gasteiger partial charge is 0.465 e. The highest BCUT2D eigenvalue weighted by atomic mass is 35.5. The van der Waals surface area contributed by atoms with Crippen LogP contribution in [0.3, 0.4) is 0 Å². The van der Waals surface area contributed by atoms with Gasteiger partial charge < -0.3 is 15.2 Å². The van der Waals surface area contributed by atoms with Crippen LogP contribution in [0.15, 0.2) is 36.4 Å². The molecule has 0 radical (unpaired) electrons. The van der Waals surface area contributed by atoms with Gasteiger partial charge >= 0.3 is 5.97 Å². The lowest BCUT2D eigenvalue weighted by Crippen LogP contribution is -2.02. The van der Waals surface area contributed by atoms with Crippen molar-refractivity contribution in [1.82, 2.24) is 0 Å². The number of ether oxygens (including phenoxy) is 2. The number of carbonyl (C=O) groups excluding carboxylic acids is 1. The molecule has 0 aliphatic carbocycles. The molecule has 0 fully saturated rings. The average Bonchev–Trinajstić information content (AvgIpc) is 2.44. The number of hydrogen-bond donors (Lipinski definition) is 1. The number of aryl methyl sites for hydroxylation is 1. The van der Waals surface area contributed by atoms with Gasteiger partial charge in [0.05, 0.1) is 23.4 Å². The minimum Gasteiger partial charge on any atom is -0.465 e. The minimum atomic E-state index is -0.447. The van der Waals surface area contributed by atoms with Gasteiger partial charge in [0.15, 0.2) is 0 Å². The van der Waals surface area contributed by atoms with E-state index in [1.807, 2.05) is 19.1 Å². The van der Waals surface area contributed by atoms with Gasteiger partial charge in [0.1, 0.15) is 11.5 Å². The van der Waals surface area contributed by atoms with E-state index in [-0.39, 0.29) is 0 Å². The number of nitrogens with two attached hydrogens (primary N) is 1. The van der Waals surface area contributed by atoms with Crippen LogP contribution in [0.2, 0.25) is 5.02 Å². The highest BCUT2D eigenvalue weighted by Crippen LogP contribution is 2.33. The first kappa shape index (κ1) is 14.2. The highest BCUT2D eigenvalue weighted by Gasteiger charge is 2.11. The second-order valence-electron chi connectivity index (χ2n) is 4.28. The molecular formula is C15H14ClNO3. The van der Waals surface area contributed by atoms with Gasteiger partial charge in [0, 0.05) is 0 Å². The Morgan fingerprint density at radius 3 is 2.55 bits per heavy atom. The number of rotatable bonds is 3. The number of esters is 1. The first-order valence-corrected chi connectivity index (χ1v) is 6.31. The van der Waals surface area contributed by atoms with Gasteiger partial charge in [-0.3, -0.25) is 0 Å². The van der Waals surface area contributed by atoms with Gasteiger partial charge in [-0.2, -0.15) is 0 Å². The molecule has 2 aromatic rings. The Bertz CT molecular complexity index is 656. The fourth-order valence-corrected chi connectivity index (χ4v) is 1.85. The SMILES string of the molecule is COC(=O)c1ccc(Oc2cc(C)ccc2Cl)c(N)c1. The van der Waals surface area contributed by atoms with Crippen LogP contribution in [0, 0.1) is 6.92 Å². The van der Waals surface area contributed by atoms with Crippen LogP contribution in [0.4, 0.5) is 5.69 Å². The van der Waals surface area contributed by atoms with Crippen LogP contribution in [0.1, 0.15) is 15.9 Å². The molecular weight excluding hydrogens is 278 g/mol. The van der Waals surface area contributed by atoms with Gasteiger partial charge in [0.25, 0.3) is 0 Å². The molecule has 0 aliphatic heterocycles. The molecule has 4 nitrogen and oxygen atoms in total. The van der Waals surface area contributed by atoms with E-state index in [0.717, 1.165) is 5.56 Å². The quantitative estimate of drug-likeness (QED) is 0.690. The lowest BCUT2D eigenvalue weighted by Gasteiger charge is -2.11. The normalized spacial score (nSPS) is 10.2. The third-order valence-corrected chi connectivity index (χ3v) is 3.05. The third kappa shape index (κ3) is 3.03. The summed E-state index contributed by atoms with van der Waals surface area (Å²) in [6.07, 6.45) is 0. The Morgan fingerprint density at radius 2 is 1.90 bits per heavy atom. The molecule has 0 atom stereocenters. The summed E-state index contributed by atoms with van der Waals surface area (Å²) < 4.78 is 10.3. The summed E-state index contributed by atoms with van der Waals surface area (Å²) in [7, 11) is 1.31. The summed E-state index contributed by atoms with van der Waals surface area (Å²) in [6.45, 7) is 1.94. The molecule has 5 heteroatoms. The number of hydrogen-bond acceptors (Lipinski definition) is 4. The van der Waals surface area contributed by atoms with Gasteiger partial charge in [-0.15, -0.1) is 0 Å². The summed E-state index contributed by atoms with van der Waals surface area (Å²) in [4.78, 5) is 11.4. The summed E-state index contributed by atoms with van der Waals surface area (Å²) >= 11 is 6.06. The minimum absolute atomic E-state index is 0.338. The van der Waals surface area contributed by atoms with Crippen LogP contribution < -0.4 is 10.5 Å². The lowest BCUT2D eigenvalue weighted by molar-refractivity contribution is 0.0601. The monoisotopic (exact) mass is 291 g/mol. The van der Waals surface area contributed by atoms with Crippen molar-refractivity contribution in [2.24, 2.45) is 0 Å². The van der Waals surface area contributed by atoms with Crippen molar-refractivity contribution < 1.29 is 14.3 Å². The van der Waals surface area contributed by atoms with E-state index in [0.29, 0.717) is 27.8 Å². The van der Waals surface area contributed by atoms with Crippen LogP contribution in [0.5, 0.6) is 11.5 Å². The Hall–Kier alpha value is -2.20. The summed E-state index contributed by atoms with van der Waals surface area (Å²) in [5.41, 5.74) is 7.60. The van der Waals surface area contributed by atoms with Crippen molar-refractivity contribution in [3.8, 4) is 11.5 Å². The third-order valence-electron chi connectivity index (χ3n) is 2.74. The summed E-state index contributed by atoms with van der Waals surface area (Å²) in [5.74, 6) is 0.506. The van der Waals surface area contributed by atoms with Gasteiger partial charge in [0.2, 0.25) is 0 Å². The predicted octanol–water partition coefficient (Wildman–Crippen LogP) is 3.81. The second-order valence-corrected chi connectivity index (χ2v) is 4.69. The van der Waals surface area contributed by atoms with Gasteiger partial charge in [-0.25, -0.2) is 4.79 Å². The smallest absolute Gasteiger partial charge is 0.337 e. The number of halogens is 1. The first-order chi connectivity index (χ1) is 9.51. The molecule has 0 spiro atoms. The highest BCUT2D eigenvalue weighted by molar-refractivity contribution is 6.32. The van der Waals surface area contributed by atoms with Crippen molar-refractivity contribution in [2.75, 3.05) is 12.8 Å². The average molecular weight is 292 g/mol. The molecule has 0 saturated heterocycles. The topological polar surface area (TPSA) is 61.5 Å². The molecule has 104 valence electrons. The summed E-state index contributed by atoms with van der Waals surface area (Å²) in [6, 6.07) is 10.2. The lowest BCUT2D eigenvalue weighted by atomic mass is 10.2. The van der Waals surface area contributed by atoms with Crippen molar-refractivity contribution in [1.29, 1.82) is 0 Å². The van der Waals surface area contributed by atoms with E-state index in [4.69, 9.17) is 22.1 Å². The molecule has 2 rings (SSSR count). The fourth-order valence-electron chi connectivity index (χ4n) is 1.69. The predicted molar refractivity (Wildman–Crippen MR) is 78.5 cm³/mol. The number of nitrogen functional groups attached to an aromatic ring is 1. The van der Waals surface area contributed by atoms with E-state index in [1.165, 1.54) is 13.2 Å². The van der Waals surface area contributed by atoms with E-state index < -0.39 is 5.97 Å². The maximum Gasteiger partial charge on any atom is 0.337 e. The standard InChI is InChI=1S/C15H14ClNO3/c1-9-3-5-11(16)14(7-9)20-13-6-4-10(8-12(13)17)15(18)19-2/h3-8H,17H2,1-2H3.